The van der Waals surface area contributed by atoms with Gasteiger partial charge in [-0.2, -0.15) is 0 Å². The summed E-state index contributed by atoms with van der Waals surface area (Å²) in [6.45, 7) is 17.2. The summed E-state index contributed by atoms with van der Waals surface area (Å²) in [5.74, 6) is -0.333. The van der Waals surface area contributed by atoms with Crippen molar-refractivity contribution in [2.75, 3.05) is 0 Å². The zero-order chi connectivity index (χ0) is 30.4. The first-order valence-electron chi connectivity index (χ1n) is 16.1. The van der Waals surface area contributed by atoms with Gasteiger partial charge in [0.25, 0.3) is 0 Å². The van der Waals surface area contributed by atoms with E-state index in [1.807, 2.05) is 19.9 Å². The average molecular weight is 565 g/mol. The van der Waals surface area contributed by atoms with E-state index in [2.05, 4.69) is 47.6 Å². The zero-order valence-corrected chi connectivity index (χ0v) is 27.2. The number of allylic oxidation sites excluding steroid dienone is 6. The molecule has 41 heavy (non-hydrogen) atoms. The molecule has 1 aromatic carbocycles. The highest BCUT2D eigenvalue weighted by atomic mass is 16.6. The number of ether oxygens (including phenoxy) is 1. The van der Waals surface area contributed by atoms with Crippen molar-refractivity contribution >= 4 is 5.97 Å². The van der Waals surface area contributed by atoms with Crippen LogP contribution in [0.25, 0.3) is 0 Å². The summed E-state index contributed by atoms with van der Waals surface area (Å²) in [6, 6.07) is 1.68. The number of fused-ring (bicyclic) bond motifs is 1. The molecule has 4 nitrogen and oxygen atoms in total. The van der Waals surface area contributed by atoms with Crippen LogP contribution in [0.5, 0.6) is 11.5 Å². The van der Waals surface area contributed by atoms with Crippen molar-refractivity contribution in [3.63, 3.8) is 0 Å². The first-order valence-corrected chi connectivity index (χ1v) is 16.1. The van der Waals surface area contributed by atoms with Crippen LogP contribution >= 0.6 is 0 Å². The number of benzene rings is 1. The minimum atomic E-state index is -0.671. The summed E-state index contributed by atoms with van der Waals surface area (Å²) in [5, 5.41) is 22.4. The van der Waals surface area contributed by atoms with Crippen LogP contribution in [0.4, 0.5) is 0 Å². The van der Waals surface area contributed by atoms with Gasteiger partial charge in [0.15, 0.2) is 0 Å². The fourth-order valence-electron chi connectivity index (χ4n) is 6.97. The second kappa shape index (κ2) is 14.1. The molecule has 228 valence electrons. The first-order chi connectivity index (χ1) is 19.3. The number of unbranched alkanes of at least 4 members (excludes halogenated alkanes) is 2. The minimum absolute atomic E-state index is 0.0458. The maximum Gasteiger partial charge on any atom is 0.342 e. The Morgan fingerprint density at radius 1 is 1.15 bits per heavy atom. The van der Waals surface area contributed by atoms with E-state index in [0.29, 0.717) is 24.0 Å². The van der Waals surface area contributed by atoms with Gasteiger partial charge < -0.3 is 14.9 Å². The summed E-state index contributed by atoms with van der Waals surface area (Å²) in [6.07, 6.45) is 16.9. The highest BCUT2D eigenvalue weighted by Crippen LogP contribution is 2.53. The van der Waals surface area contributed by atoms with E-state index in [4.69, 9.17) is 4.74 Å². The van der Waals surface area contributed by atoms with Gasteiger partial charge in [0.2, 0.25) is 0 Å². The van der Waals surface area contributed by atoms with E-state index < -0.39 is 11.6 Å². The Bertz CT molecular complexity index is 1180. The fraction of sp³-hybridized carbons (Fsp3) is 0.649. The molecule has 2 atom stereocenters. The lowest BCUT2D eigenvalue weighted by Crippen LogP contribution is -2.42. The summed E-state index contributed by atoms with van der Waals surface area (Å²) >= 11 is 0. The van der Waals surface area contributed by atoms with E-state index in [1.54, 1.807) is 11.6 Å². The number of rotatable bonds is 12. The van der Waals surface area contributed by atoms with Crippen LogP contribution in [0.3, 0.4) is 0 Å². The topological polar surface area (TPSA) is 66.8 Å². The molecule has 0 heterocycles. The third kappa shape index (κ3) is 8.30. The number of aryl methyl sites for hydroxylation is 1. The van der Waals surface area contributed by atoms with Gasteiger partial charge in [-0.1, -0.05) is 61.1 Å². The molecule has 4 heteroatoms. The van der Waals surface area contributed by atoms with Gasteiger partial charge in [0, 0.05) is 11.5 Å². The van der Waals surface area contributed by atoms with Gasteiger partial charge in [-0.05, 0) is 129 Å². The molecule has 0 unspecified atom stereocenters. The van der Waals surface area contributed by atoms with E-state index in [-0.39, 0.29) is 28.4 Å². The minimum Gasteiger partial charge on any atom is -0.508 e. The Kier molecular flexibility index (Phi) is 11.4. The van der Waals surface area contributed by atoms with Crippen molar-refractivity contribution in [2.45, 2.75) is 144 Å². The Hall–Kier alpha value is -2.49. The highest BCUT2D eigenvalue weighted by molar-refractivity contribution is 5.95. The van der Waals surface area contributed by atoms with Crippen molar-refractivity contribution in [1.82, 2.24) is 0 Å². The van der Waals surface area contributed by atoms with Gasteiger partial charge in [-0.3, -0.25) is 0 Å². The summed E-state index contributed by atoms with van der Waals surface area (Å²) in [5.41, 5.74) is 6.49. The number of phenolic OH excluding ortho intramolecular Hbond substituents is 2. The van der Waals surface area contributed by atoms with Gasteiger partial charge in [-0.15, -0.1) is 0 Å². The zero-order valence-electron chi connectivity index (χ0n) is 27.2. The van der Waals surface area contributed by atoms with Crippen LogP contribution in [-0.4, -0.2) is 21.8 Å². The number of hydrogen-bond acceptors (Lipinski definition) is 4. The fourth-order valence-corrected chi connectivity index (χ4v) is 6.97. The molecule has 0 spiro atoms. The van der Waals surface area contributed by atoms with Gasteiger partial charge in [0.05, 0.1) is 0 Å². The molecule has 0 amide bonds. The monoisotopic (exact) mass is 564 g/mol. The maximum atomic E-state index is 13.9. The number of carbonyl (C=O) groups is 1. The molecular formula is C37H56O4. The van der Waals surface area contributed by atoms with Crippen molar-refractivity contribution in [2.24, 2.45) is 11.3 Å². The van der Waals surface area contributed by atoms with Gasteiger partial charge >= 0.3 is 5.97 Å². The molecule has 1 saturated carbocycles. The average Bonchev–Trinajstić information content (AvgIpc) is 2.87. The first kappa shape index (κ1) is 33.0. The van der Waals surface area contributed by atoms with Gasteiger partial charge in [-0.25, -0.2) is 4.79 Å². The van der Waals surface area contributed by atoms with E-state index in [9.17, 15) is 15.0 Å². The summed E-state index contributed by atoms with van der Waals surface area (Å²) in [7, 11) is 0. The Morgan fingerprint density at radius 3 is 2.56 bits per heavy atom. The summed E-state index contributed by atoms with van der Waals surface area (Å²) < 4.78 is 6.31. The molecule has 0 aromatic heterocycles. The summed E-state index contributed by atoms with van der Waals surface area (Å²) in [4.78, 5) is 13.9. The van der Waals surface area contributed by atoms with E-state index in [1.165, 1.54) is 36.0 Å². The van der Waals surface area contributed by atoms with Crippen molar-refractivity contribution in [1.29, 1.82) is 0 Å². The highest BCUT2D eigenvalue weighted by Gasteiger charge is 2.44. The molecule has 0 bridgehead atoms. The molecule has 2 aliphatic rings. The lowest BCUT2D eigenvalue weighted by molar-refractivity contribution is -0.0409. The molecule has 0 aliphatic heterocycles. The Balaban J connectivity index is 1.88. The third-order valence-corrected chi connectivity index (χ3v) is 9.82. The molecule has 2 N–H and O–H groups in total. The van der Waals surface area contributed by atoms with Crippen LogP contribution < -0.4 is 0 Å². The van der Waals surface area contributed by atoms with Crippen LogP contribution in [0, 0.1) is 11.3 Å². The molecule has 0 radical (unpaired) electrons. The number of esters is 1. The van der Waals surface area contributed by atoms with E-state index in [0.717, 1.165) is 51.4 Å². The molecular weight excluding hydrogens is 508 g/mol. The SMILES string of the molecule is CCCCCc1cc(O)c(C/C=C(\C)CCC=C(C)C)c(O)c1C(=O)OC(C)(C)[C@@H]1CC[C@@]2(C)CCCC(C)=C2C1. The third-order valence-electron chi connectivity index (χ3n) is 9.82. The Morgan fingerprint density at radius 2 is 1.88 bits per heavy atom. The second-order valence-corrected chi connectivity index (χ2v) is 13.9. The molecule has 2 aliphatic carbocycles. The molecule has 1 fully saturated rings. The molecule has 3 rings (SSSR count). The Labute approximate surface area is 250 Å². The quantitative estimate of drug-likeness (QED) is 0.151. The lowest BCUT2D eigenvalue weighted by Gasteiger charge is -2.47. The van der Waals surface area contributed by atoms with Crippen LogP contribution in [0.2, 0.25) is 0 Å². The van der Waals surface area contributed by atoms with Crippen molar-refractivity contribution in [3.8, 4) is 11.5 Å². The van der Waals surface area contributed by atoms with Crippen molar-refractivity contribution < 1.29 is 19.7 Å². The van der Waals surface area contributed by atoms with Crippen molar-refractivity contribution in [3.05, 3.63) is 57.2 Å². The predicted molar refractivity (Wildman–Crippen MR) is 171 cm³/mol. The number of hydrogen-bond donors (Lipinski definition) is 2. The predicted octanol–water partition coefficient (Wildman–Crippen LogP) is 10.3. The van der Waals surface area contributed by atoms with Gasteiger partial charge in [0.1, 0.15) is 22.7 Å². The van der Waals surface area contributed by atoms with Crippen LogP contribution in [-0.2, 0) is 17.6 Å². The largest absolute Gasteiger partial charge is 0.508 e. The molecule has 1 aromatic rings. The maximum absolute atomic E-state index is 13.9. The number of carbonyl (C=O) groups excluding carboxylic acids is 1. The second-order valence-electron chi connectivity index (χ2n) is 13.9. The normalized spacial score (nSPS) is 21.5. The molecule has 0 saturated heterocycles. The van der Waals surface area contributed by atoms with Crippen LogP contribution in [0.15, 0.2) is 40.5 Å². The standard InChI is InChI=1S/C37H56O4/c1-9-10-11-17-28-23-32(38)30(19-18-26(4)15-12-14-25(2)3)34(39)33(28)35(40)41-36(6,7)29-20-22-37(8)21-13-16-27(5)31(37)24-29/h14,18,23,29,38-39H,9-13,15-17,19-22,24H2,1-8H3/b26-18+/t29-,37-/m1/s1. The smallest absolute Gasteiger partial charge is 0.342 e. The van der Waals surface area contributed by atoms with E-state index >= 15 is 0 Å². The lowest BCUT2D eigenvalue weighted by atomic mass is 9.59. The van der Waals surface area contributed by atoms with Crippen LogP contribution in [0.1, 0.15) is 148 Å². The number of phenols is 2. The number of aromatic hydroxyl groups is 2.